The van der Waals surface area contributed by atoms with Crippen LogP contribution >= 0.6 is 0 Å². The van der Waals surface area contributed by atoms with E-state index in [2.05, 4.69) is 24.3 Å². The van der Waals surface area contributed by atoms with Crippen LogP contribution in [0.1, 0.15) is 60.9 Å². The van der Waals surface area contributed by atoms with Crippen molar-refractivity contribution in [3.8, 4) is 11.3 Å². The summed E-state index contributed by atoms with van der Waals surface area (Å²) in [5.41, 5.74) is 5.02. The number of Topliss-reactive ketones (excluding diaryl/α,β-unsaturated/α-hetero) is 1. The van der Waals surface area contributed by atoms with Crippen molar-refractivity contribution in [2.45, 2.75) is 44.9 Å². The summed E-state index contributed by atoms with van der Waals surface area (Å²) >= 11 is 0. The molecule has 0 atom stereocenters. The van der Waals surface area contributed by atoms with Gasteiger partial charge in [-0.1, -0.05) is 61.7 Å². The summed E-state index contributed by atoms with van der Waals surface area (Å²) in [6, 6.07) is 18.6. The highest BCUT2D eigenvalue weighted by Crippen LogP contribution is 2.33. The zero-order valence-electron chi connectivity index (χ0n) is 14.7. The van der Waals surface area contributed by atoms with Gasteiger partial charge >= 0.3 is 0 Å². The van der Waals surface area contributed by atoms with Crippen molar-refractivity contribution in [3.05, 3.63) is 65.7 Å². The van der Waals surface area contributed by atoms with Gasteiger partial charge in [0.05, 0.1) is 11.2 Å². The van der Waals surface area contributed by atoms with E-state index in [1.54, 1.807) is 6.92 Å². The Labute approximate surface area is 148 Å². The van der Waals surface area contributed by atoms with Gasteiger partial charge in [-0.25, -0.2) is 4.98 Å². The maximum atomic E-state index is 12.1. The van der Waals surface area contributed by atoms with Crippen molar-refractivity contribution in [1.82, 2.24) is 4.98 Å². The largest absolute Gasteiger partial charge is 0.294 e. The summed E-state index contributed by atoms with van der Waals surface area (Å²) < 4.78 is 0. The number of carbonyl (C=O) groups excluding carboxylic acids is 1. The molecule has 1 aliphatic rings. The third kappa shape index (κ3) is 3.21. The molecule has 0 unspecified atom stereocenters. The first-order valence-corrected chi connectivity index (χ1v) is 9.23. The van der Waals surface area contributed by atoms with Crippen LogP contribution in [0.4, 0.5) is 0 Å². The lowest BCUT2D eigenvalue weighted by Gasteiger charge is -2.22. The number of carbonyl (C=O) groups is 1. The van der Waals surface area contributed by atoms with Crippen LogP contribution in [-0.2, 0) is 0 Å². The normalized spacial score (nSPS) is 15.4. The van der Waals surface area contributed by atoms with Crippen LogP contribution in [-0.4, -0.2) is 10.8 Å². The molecule has 1 fully saturated rings. The lowest BCUT2D eigenvalue weighted by Crippen LogP contribution is -2.04. The topological polar surface area (TPSA) is 30.0 Å². The second-order valence-corrected chi connectivity index (χ2v) is 7.09. The van der Waals surface area contributed by atoms with E-state index >= 15 is 0 Å². The smallest absolute Gasteiger partial charge is 0.160 e. The number of rotatable bonds is 3. The molecule has 0 aliphatic heterocycles. The molecule has 1 heterocycles. The minimum absolute atomic E-state index is 0.0821. The van der Waals surface area contributed by atoms with Gasteiger partial charge < -0.3 is 0 Å². The van der Waals surface area contributed by atoms with Crippen molar-refractivity contribution in [3.63, 3.8) is 0 Å². The Hall–Kier alpha value is -2.48. The number of para-hydroxylation sites is 1. The number of hydrogen-bond donors (Lipinski definition) is 0. The maximum absolute atomic E-state index is 12.1. The van der Waals surface area contributed by atoms with Crippen molar-refractivity contribution in [2.75, 3.05) is 0 Å². The van der Waals surface area contributed by atoms with Gasteiger partial charge in [-0.3, -0.25) is 4.79 Å². The predicted molar refractivity (Wildman–Crippen MR) is 103 cm³/mol. The molecule has 3 aromatic rings. The fourth-order valence-electron chi connectivity index (χ4n) is 3.98. The molecule has 2 heteroatoms. The third-order valence-electron chi connectivity index (χ3n) is 5.38. The quantitative estimate of drug-likeness (QED) is 0.539. The highest BCUT2D eigenvalue weighted by atomic mass is 16.1. The van der Waals surface area contributed by atoms with Gasteiger partial charge in [-0.2, -0.15) is 0 Å². The van der Waals surface area contributed by atoms with E-state index in [1.165, 1.54) is 37.7 Å². The SMILES string of the molecule is CC(=O)c1cc(-c2ccc(C3CCCCC3)cc2)nc2ccccc12. The Morgan fingerprint density at radius 3 is 2.40 bits per heavy atom. The number of pyridine rings is 1. The van der Waals surface area contributed by atoms with Gasteiger partial charge in [0.25, 0.3) is 0 Å². The summed E-state index contributed by atoms with van der Waals surface area (Å²) in [6.07, 6.45) is 6.69. The van der Waals surface area contributed by atoms with Crippen molar-refractivity contribution in [2.24, 2.45) is 0 Å². The Balaban J connectivity index is 1.72. The molecule has 0 bridgehead atoms. The van der Waals surface area contributed by atoms with Crippen LogP contribution in [0.15, 0.2) is 54.6 Å². The lowest BCUT2D eigenvalue weighted by atomic mass is 9.84. The lowest BCUT2D eigenvalue weighted by molar-refractivity contribution is 0.101. The molecule has 0 radical (unpaired) electrons. The highest BCUT2D eigenvalue weighted by molar-refractivity contribution is 6.07. The van der Waals surface area contributed by atoms with Gasteiger partial charge in [0.1, 0.15) is 0 Å². The minimum atomic E-state index is 0.0821. The third-order valence-corrected chi connectivity index (χ3v) is 5.38. The fourth-order valence-corrected chi connectivity index (χ4v) is 3.98. The van der Waals surface area contributed by atoms with E-state index in [9.17, 15) is 4.79 Å². The van der Waals surface area contributed by atoms with Gasteiger partial charge in [-0.05, 0) is 43.4 Å². The molecule has 2 nitrogen and oxygen atoms in total. The van der Waals surface area contributed by atoms with Crippen molar-refractivity contribution < 1.29 is 4.79 Å². The molecular formula is C23H23NO. The van der Waals surface area contributed by atoms with E-state index < -0.39 is 0 Å². The molecule has 0 spiro atoms. The van der Waals surface area contributed by atoms with E-state index in [-0.39, 0.29) is 5.78 Å². The molecule has 1 aromatic heterocycles. The zero-order valence-corrected chi connectivity index (χ0v) is 14.7. The van der Waals surface area contributed by atoms with Crippen LogP contribution in [0, 0.1) is 0 Å². The Kier molecular flexibility index (Phi) is 4.35. The van der Waals surface area contributed by atoms with Crippen LogP contribution in [0.25, 0.3) is 22.2 Å². The molecule has 0 amide bonds. The average Bonchev–Trinajstić information content (AvgIpc) is 2.68. The first-order chi connectivity index (χ1) is 12.2. The molecule has 25 heavy (non-hydrogen) atoms. The van der Waals surface area contributed by atoms with E-state index in [4.69, 9.17) is 4.98 Å². The van der Waals surface area contributed by atoms with Crippen LogP contribution < -0.4 is 0 Å². The van der Waals surface area contributed by atoms with Crippen LogP contribution in [0.3, 0.4) is 0 Å². The van der Waals surface area contributed by atoms with Crippen LogP contribution in [0.5, 0.6) is 0 Å². The van der Waals surface area contributed by atoms with Crippen molar-refractivity contribution in [1.29, 1.82) is 0 Å². The van der Waals surface area contributed by atoms with Crippen molar-refractivity contribution >= 4 is 16.7 Å². The van der Waals surface area contributed by atoms with E-state index in [0.717, 1.165) is 27.7 Å². The zero-order chi connectivity index (χ0) is 17.2. The molecule has 126 valence electrons. The Morgan fingerprint density at radius 2 is 1.68 bits per heavy atom. The van der Waals surface area contributed by atoms with Gasteiger partial charge in [0.15, 0.2) is 5.78 Å². The summed E-state index contributed by atoms with van der Waals surface area (Å²) in [6.45, 7) is 1.62. The monoisotopic (exact) mass is 329 g/mol. The van der Waals surface area contributed by atoms with Gasteiger partial charge in [0, 0.05) is 16.5 Å². The first-order valence-electron chi connectivity index (χ1n) is 9.23. The molecule has 0 saturated heterocycles. The molecule has 0 N–H and O–H groups in total. The predicted octanol–water partition coefficient (Wildman–Crippen LogP) is 6.15. The summed E-state index contributed by atoms with van der Waals surface area (Å²) in [5.74, 6) is 0.791. The number of aromatic nitrogens is 1. The summed E-state index contributed by atoms with van der Waals surface area (Å²) in [5, 5.41) is 0.928. The second-order valence-electron chi connectivity index (χ2n) is 7.09. The molecule has 1 saturated carbocycles. The molecule has 4 rings (SSSR count). The number of benzene rings is 2. The van der Waals surface area contributed by atoms with Crippen LogP contribution in [0.2, 0.25) is 0 Å². The van der Waals surface area contributed by atoms with Gasteiger partial charge in [0.2, 0.25) is 0 Å². The number of fused-ring (bicyclic) bond motifs is 1. The van der Waals surface area contributed by atoms with E-state index in [0.29, 0.717) is 5.92 Å². The standard InChI is InChI=1S/C23H23NO/c1-16(25)21-15-23(24-22-10-6-5-9-20(21)22)19-13-11-18(12-14-19)17-7-3-2-4-8-17/h5-6,9-15,17H,2-4,7-8H2,1H3. The summed E-state index contributed by atoms with van der Waals surface area (Å²) in [7, 11) is 0. The molecule has 1 aliphatic carbocycles. The average molecular weight is 329 g/mol. The second kappa shape index (κ2) is 6.79. The number of nitrogens with zero attached hydrogens (tertiary/aromatic N) is 1. The molecule has 2 aromatic carbocycles. The van der Waals surface area contributed by atoms with E-state index in [1.807, 2.05) is 30.3 Å². The highest BCUT2D eigenvalue weighted by Gasteiger charge is 2.16. The number of ketones is 1. The maximum Gasteiger partial charge on any atom is 0.160 e. The Morgan fingerprint density at radius 1 is 0.960 bits per heavy atom. The first kappa shape index (κ1) is 16.0. The Bertz CT molecular complexity index is 905. The summed E-state index contributed by atoms with van der Waals surface area (Å²) in [4.78, 5) is 16.9. The fraction of sp³-hybridized carbons (Fsp3) is 0.304. The minimum Gasteiger partial charge on any atom is -0.294 e. The molecular weight excluding hydrogens is 306 g/mol. The van der Waals surface area contributed by atoms with Gasteiger partial charge in [-0.15, -0.1) is 0 Å². The number of hydrogen-bond acceptors (Lipinski definition) is 2.